The molecule has 1 aromatic carbocycles. The number of unbranched alkanes of at least 4 members (excludes halogenated alkanes) is 4. The second kappa shape index (κ2) is 10.8. The summed E-state index contributed by atoms with van der Waals surface area (Å²) in [6.45, 7) is 0.224. The van der Waals surface area contributed by atoms with E-state index in [9.17, 15) is 19.8 Å². The number of aliphatic hydroxyl groups is 2. The molecular weight excluding hydrogens is 312 g/mol. The average molecular weight is 338 g/mol. The van der Waals surface area contributed by atoms with Crippen molar-refractivity contribution in [2.75, 3.05) is 13.2 Å². The molecule has 0 amide bonds. The van der Waals surface area contributed by atoms with Gasteiger partial charge in [0.1, 0.15) is 0 Å². The van der Waals surface area contributed by atoms with Crippen molar-refractivity contribution < 1.29 is 30.0 Å². The van der Waals surface area contributed by atoms with Crippen LogP contribution in [0, 0.1) is 0 Å². The maximum atomic E-state index is 11.6. The number of carbonyl (C=O) groups is 2. The molecule has 0 radical (unpaired) electrons. The maximum Gasteiger partial charge on any atom is 0.336 e. The molecule has 0 fully saturated rings. The second-order valence-corrected chi connectivity index (χ2v) is 5.80. The monoisotopic (exact) mass is 338 g/mol. The molecule has 0 spiro atoms. The van der Waals surface area contributed by atoms with Crippen LogP contribution in [0.25, 0.3) is 0 Å². The Hall–Kier alpha value is -1.92. The van der Waals surface area contributed by atoms with Crippen molar-refractivity contribution in [3.8, 4) is 0 Å². The lowest BCUT2D eigenvalue weighted by Crippen LogP contribution is -2.14. The molecule has 24 heavy (non-hydrogen) atoms. The number of aromatic carboxylic acids is 2. The van der Waals surface area contributed by atoms with Crippen LogP contribution in [0.4, 0.5) is 0 Å². The van der Waals surface area contributed by atoms with Crippen LogP contribution in [0.15, 0.2) is 12.1 Å². The van der Waals surface area contributed by atoms with Gasteiger partial charge in [-0.15, -0.1) is 0 Å². The molecular formula is C18H26O6. The van der Waals surface area contributed by atoms with Gasteiger partial charge in [0.2, 0.25) is 0 Å². The predicted molar refractivity (Wildman–Crippen MR) is 89.6 cm³/mol. The molecule has 0 aromatic heterocycles. The van der Waals surface area contributed by atoms with Gasteiger partial charge in [-0.2, -0.15) is 0 Å². The number of rotatable bonds is 12. The molecule has 0 bridgehead atoms. The number of hydrogen-bond acceptors (Lipinski definition) is 4. The number of benzene rings is 1. The fourth-order valence-corrected chi connectivity index (χ4v) is 2.83. The molecule has 4 N–H and O–H groups in total. The Kier molecular flexibility index (Phi) is 9.04. The summed E-state index contributed by atoms with van der Waals surface area (Å²) >= 11 is 0. The first-order valence-electron chi connectivity index (χ1n) is 8.36. The third kappa shape index (κ3) is 5.94. The van der Waals surface area contributed by atoms with Crippen molar-refractivity contribution in [3.63, 3.8) is 0 Å². The van der Waals surface area contributed by atoms with Crippen LogP contribution in [0.3, 0.4) is 0 Å². The molecule has 134 valence electrons. The topological polar surface area (TPSA) is 115 Å². The summed E-state index contributed by atoms with van der Waals surface area (Å²) in [5.41, 5.74) is 1.15. The standard InChI is InChI=1S/C18H26O6/c19-11-5-1-3-7-13-9-10-15(17(21)22)16(18(23)24)14(13)8-4-2-6-12-20/h9-10,19-20H,1-8,11-12H2,(H,21,22)(H,23,24). The van der Waals surface area contributed by atoms with Gasteiger partial charge in [0.25, 0.3) is 0 Å². The minimum Gasteiger partial charge on any atom is -0.478 e. The fraction of sp³-hybridized carbons (Fsp3) is 0.556. The fourth-order valence-electron chi connectivity index (χ4n) is 2.83. The molecule has 0 aliphatic rings. The van der Waals surface area contributed by atoms with E-state index >= 15 is 0 Å². The molecule has 0 aliphatic heterocycles. The van der Waals surface area contributed by atoms with E-state index in [4.69, 9.17) is 10.2 Å². The maximum absolute atomic E-state index is 11.6. The summed E-state index contributed by atoms with van der Waals surface area (Å²) in [7, 11) is 0. The first-order chi connectivity index (χ1) is 11.5. The zero-order valence-corrected chi connectivity index (χ0v) is 13.8. The lowest BCUT2D eigenvalue weighted by atomic mass is 9.89. The van der Waals surface area contributed by atoms with Crippen molar-refractivity contribution in [3.05, 3.63) is 34.4 Å². The molecule has 0 atom stereocenters. The average Bonchev–Trinajstić information content (AvgIpc) is 2.55. The SMILES string of the molecule is O=C(O)c1ccc(CCCCCO)c(CCCCCO)c1C(=O)O. The van der Waals surface area contributed by atoms with Crippen molar-refractivity contribution >= 4 is 11.9 Å². The van der Waals surface area contributed by atoms with Crippen molar-refractivity contribution in [2.45, 2.75) is 51.4 Å². The van der Waals surface area contributed by atoms with Crippen LogP contribution in [0.1, 0.15) is 70.4 Å². The summed E-state index contributed by atoms with van der Waals surface area (Å²) in [5, 5.41) is 36.4. The van der Waals surface area contributed by atoms with E-state index in [-0.39, 0.29) is 24.3 Å². The first kappa shape index (κ1) is 20.1. The van der Waals surface area contributed by atoms with Crippen LogP contribution in [0.5, 0.6) is 0 Å². The zero-order valence-electron chi connectivity index (χ0n) is 13.8. The van der Waals surface area contributed by atoms with Gasteiger partial charge in [0.15, 0.2) is 0 Å². The minimum absolute atomic E-state index is 0.0922. The third-order valence-electron chi connectivity index (χ3n) is 4.04. The normalized spacial score (nSPS) is 10.8. The van der Waals surface area contributed by atoms with E-state index in [1.54, 1.807) is 6.07 Å². The molecule has 6 nitrogen and oxygen atoms in total. The number of aliphatic hydroxyl groups excluding tert-OH is 2. The lowest BCUT2D eigenvalue weighted by molar-refractivity contribution is 0.0650. The smallest absolute Gasteiger partial charge is 0.336 e. The molecule has 0 saturated heterocycles. The molecule has 0 aliphatic carbocycles. The third-order valence-corrected chi connectivity index (χ3v) is 4.04. The Morgan fingerprint density at radius 3 is 1.83 bits per heavy atom. The molecule has 1 aromatic rings. The summed E-state index contributed by atoms with van der Waals surface area (Å²) in [4.78, 5) is 23.0. The molecule has 0 unspecified atom stereocenters. The highest BCUT2D eigenvalue weighted by molar-refractivity contribution is 6.03. The van der Waals surface area contributed by atoms with Gasteiger partial charge in [-0.3, -0.25) is 0 Å². The minimum atomic E-state index is -1.24. The Morgan fingerprint density at radius 2 is 1.33 bits per heavy atom. The number of carboxylic acids is 2. The van der Waals surface area contributed by atoms with E-state index in [0.29, 0.717) is 37.7 Å². The van der Waals surface area contributed by atoms with Gasteiger partial charge in [-0.25, -0.2) is 9.59 Å². The summed E-state index contributed by atoms with van der Waals surface area (Å²) in [6.07, 6.45) is 5.61. The molecule has 6 heteroatoms. The van der Waals surface area contributed by atoms with Crippen LogP contribution in [-0.4, -0.2) is 45.6 Å². The highest BCUT2D eigenvalue weighted by Gasteiger charge is 2.22. The van der Waals surface area contributed by atoms with Gasteiger partial charge in [-0.05, 0) is 55.7 Å². The van der Waals surface area contributed by atoms with Crippen LogP contribution < -0.4 is 0 Å². The van der Waals surface area contributed by atoms with Crippen molar-refractivity contribution in [1.82, 2.24) is 0 Å². The van der Waals surface area contributed by atoms with Crippen molar-refractivity contribution in [2.24, 2.45) is 0 Å². The number of hydrogen-bond donors (Lipinski definition) is 4. The van der Waals surface area contributed by atoms with E-state index in [1.165, 1.54) is 6.07 Å². The summed E-state index contributed by atoms with van der Waals surface area (Å²) in [5.74, 6) is -2.46. The van der Waals surface area contributed by atoms with Gasteiger partial charge < -0.3 is 20.4 Å². The van der Waals surface area contributed by atoms with Gasteiger partial charge >= 0.3 is 11.9 Å². The Morgan fingerprint density at radius 1 is 0.750 bits per heavy atom. The Balaban J connectivity index is 3.08. The lowest BCUT2D eigenvalue weighted by Gasteiger charge is -2.15. The molecule has 1 rings (SSSR count). The van der Waals surface area contributed by atoms with Gasteiger partial charge in [0, 0.05) is 13.2 Å². The highest BCUT2D eigenvalue weighted by Crippen LogP contribution is 2.24. The quantitative estimate of drug-likeness (QED) is 0.435. The zero-order chi connectivity index (χ0) is 17.9. The Labute approximate surface area is 141 Å². The van der Waals surface area contributed by atoms with Gasteiger partial charge in [0.05, 0.1) is 11.1 Å². The number of carboxylic acid groups (broad SMARTS) is 2. The second-order valence-electron chi connectivity index (χ2n) is 5.80. The van der Waals surface area contributed by atoms with E-state index in [0.717, 1.165) is 24.8 Å². The van der Waals surface area contributed by atoms with E-state index in [2.05, 4.69) is 0 Å². The largest absolute Gasteiger partial charge is 0.478 e. The van der Waals surface area contributed by atoms with Crippen LogP contribution in [0.2, 0.25) is 0 Å². The Bertz CT molecular complexity index is 553. The summed E-state index contributed by atoms with van der Waals surface area (Å²) in [6, 6.07) is 3.07. The molecule has 0 heterocycles. The van der Waals surface area contributed by atoms with Gasteiger partial charge in [-0.1, -0.05) is 18.9 Å². The first-order valence-corrected chi connectivity index (χ1v) is 8.36. The highest BCUT2D eigenvalue weighted by atomic mass is 16.4. The van der Waals surface area contributed by atoms with Crippen LogP contribution >= 0.6 is 0 Å². The summed E-state index contributed by atoms with van der Waals surface area (Å²) < 4.78 is 0. The number of aryl methyl sites for hydroxylation is 1. The molecule has 0 saturated carbocycles. The van der Waals surface area contributed by atoms with Crippen molar-refractivity contribution in [1.29, 1.82) is 0 Å². The predicted octanol–water partition coefficient (Wildman–Crippen LogP) is 2.49. The van der Waals surface area contributed by atoms with E-state index < -0.39 is 11.9 Å². The van der Waals surface area contributed by atoms with E-state index in [1.807, 2.05) is 0 Å². The van der Waals surface area contributed by atoms with Crippen LogP contribution in [-0.2, 0) is 12.8 Å².